The summed E-state index contributed by atoms with van der Waals surface area (Å²) >= 11 is 12.7. The third kappa shape index (κ3) is 5.69. The van der Waals surface area contributed by atoms with Gasteiger partial charge in [0.2, 0.25) is 5.91 Å². The molecule has 150 valence electrons. The Kier molecular flexibility index (Phi) is 7.47. The van der Waals surface area contributed by atoms with Crippen LogP contribution in [0.15, 0.2) is 53.4 Å². The second-order valence-electron chi connectivity index (χ2n) is 6.56. The van der Waals surface area contributed by atoms with Gasteiger partial charge >= 0.3 is 0 Å². The van der Waals surface area contributed by atoms with E-state index in [-0.39, 0.29) is 18.2 Å². The quantitative estimate of drug-likeness (QED) is 0.451. The summed E-state index contributed by atoms with van der Waals surface area (Å²) < 4.78 is 0.526. The minimum atomic E-state index is -0.143. The highest BCUT2D eigenvalue weighted by atomic mass is 35.5. The van der Waals surface area contributed by atoms with E-state index in [1.165, 1.54) is 17.3 Å². The molecule has 0 spiro atoms. The number of benzene rings is 2. The molecule has 0 saturated carbocycles. The number of halogens is 1. The molecule has 2 aromatic rings. The molecular formula is C22H21ClN2O2S2. The second-order valence-corrected chi connectivity index (χ2v) is 8.64. The van der Waals surface area contributed by atoms with E-state index in [9.17, 15) is 9.59 Å². The minimum Gasteiger partial charge on any atom is -0.325 e. The number of para-hydroxylation sites is 1. The Balaban J connectivity index is 1.54. The number of aryl methyl sites for hydroxylation is 1. The number of nitrogens with one attached hydrogen (secondary N) is 1. The van der Waals surface area contributed by atoms with Gasteiger partial charge in [0.15, 0.2) is 0 Å². The maximum atomic E-state index is 12.7. The van der Waals surface area contributed by atoms with Crippen LogP contribution >= 0.6 is 35.6 Å². The van der Waals surface area contributed by atoms with Crippen molar-refractivity contribution in [2.75, 3.05) is 11.9 Å². The van der Waals surface area contributed by atoms with Gasteiger partial charge in [0.05, 0.1) is 15.6 Å². The number of carbonyl (C=O) groups excluding carboxylic acids is 2. The summed E-state index contributed by atoms with van der Waals surface area (Å²) in [5.41, 5.74) is 2.81. The van der Waals surface area contributed by atoms with Crippen molar-refractivity contribution in [1.82, 2.24) is 4.90 Å². The summed E-state index contributed by atoms with van der Waals surface area (Å²) in [7, 11) is 0. The molecule has 1 aliphatic rings. The molecule has 29 heavy (non-hydrogen) atoms. The van der Waals surface area contributed by atoms with Crippen LogP contribution in [0.3, 0.4) is 0 Å². The minimum absolute atomic E-state index is 0.105. The molecule has 0 bridgehead atoms. The molecule has 0 aliphatic carbocycles. The largest absolute Gasteiger partial charge is 0.325 e. The van der Waals surface area contributed by atoms with Gasteiger partial charge in [0.25, 0.3) is 5.91 Å². The molecule has 2 amide bonds. The predicted molar refractivity (Wildman–Crippen MR) is 125 cm³/mol. The lowest BCUT2D eigenvalue weighted by Crippen LogP contribution is -2.29. The van der Waals surface area contributed by atoms with Crippen molar-refractivity contribution in [2.24, 2.45) is 0 Å². The molecule has 7 heteroatoms. The fourth-order valence-corrected chi connectivity index (χ4v) is 4.36. The molecule has 1 heterocycles. The molecule has 4 nitrogen and oxygen atoms in total. The van der Waals surface area contributed by atoms with E-state index in [4.69, 9.17) is 23.8 Å². The standard InChI is InChI=1S/C22H21ClN2O2S2/c1-2-15-9-11-16(12-10-15)14-19-21(27)25(22(28)29-19)13-5-8-20(26)24-18-7-4-3-6-17(18)23/h3-4,6-7,9-12,14H,2,5,8,13H2,1H3,(H,24,26). The van der Waals surface area contributed by atoms with Crippen LogP contribution in [0.25, 0.3) is 6.08 Å². The first kappa shape index (κ1) is 21.6. The number of rotatable bonds is 7. The van der Waals surface area contributed by atoms with Gasteiger partial charge in [-0.3, -0.25) is 14.5 Å². The maximum absolute atomic E-state index is 12.7. The number of anilines is 1. The van der Waals surface area contributed by atoms with Gasteiger partial charge in [-0.05, 0) is 42.2 Å². The number of hydrogen-bond acceptors (Lipinski definition) is 4. The van der Waals surface area contributed by atoms with Crippen LogP contribution in [0.4, 0.5) is 5.69 Å². The van der Waals surface area contributed by atoms with Gasteiger partial charge < -0.3 is 5.32 Å². The molecule has 1 fully saturated rings. The van der Waals surface area contributed by atoms with Gasteiger partial charge in [-0.25, -0.2) is 0 Å². The van der Waals surface area contributed by atoms with Gasteiger partial charge in [-0.2, -0.15) is 0 Å². The Hall–Kier alpha value is -2.15. The lowest BCUT2D eigenvalue weighted by Gasteiger charge is -2.14. The van der Waals surface area contributed by atoms with E-state index in [0.717, 1.165) is 12.0 Å². The number of nitrogens with zero attached hydrogens (tertiary/aromatic N) is 1. The Morgan fingerprint density at radius 3 is 2.62 bits per heavy atom. The van der Waals surface area contributed by atoms with E-state index in [0.29, 0.717) is 32.9 Å². The highest BCUT2D eigenvalue weighted by Crippen LogP contribution is 2.32. The monoisotopic (exact) mass is 444 g/mol. The summed E-state index contributed by atoms with van der Waals surface area (Å²) in [6.45, 7) is 2.52. The van der Waals surface area contributed by atoms with Gasteiger partial charge in [0, 0.05) is 13.0 Å². The molecule has 0 aromatic heterocycles. The lowest BCUT2D eigenvalue weighted by atomic mass is 10.1. The first-order valence-electron chi connectivity index (χ1n) is 9.36. The van der Waals surface area contributed by atoms with Crippen LogP contribution < -0.4 is 5.32 Å². The van der Waals surface area contributed by atoms with Crippen LogP contribution in [-0.2, 0) is 16.0 Å². The smallest absolute Gasteiger partial charge is 0.266 e. The molecule has 1 N–H and O–H groups in total. The molecule has 3 rings (SSSR count). The zero-order chi connectivity index (χ0) is 20.8. The number of thioether (sulfide) groups is 1. The topological polar surface area (TPSA) is 49.4 Å². The van der Waals surface area contributed by atoms with Crippen molar-refractivity contribution in [3.8, 4) is 0 Å². The van der Waals surface area contributed by atoms with Crippen LogP contribution in [-0.4, -0.2) is 27.6 Å². The number of amides is 2. The van der Waals surface area contributed by atoms with E-state index >= 15 is 0 Å². The molecule has 1 saturated heterocycles. The van der Waals surface area contributed by atoms with Gasteiger partial charge in [-0.15, -0.1) is 0 Å². The fourth-order valence-electron chi connectivity index (χ4n) is 2.87. The summed E-state index contributed by atoms with van der Waals surface area (Å²) in [5, 5.41) is 3.28. The van der Waals surface area contributed by atoms with Crippen LogP contribution in [0.2, 0.25) is 5.02 Å². The third-order valence-electron chi connectivity index (χ3n) is 4.49. The summed E-state index contributed by atoms with van der Waals surface area (Å²) in [6.07, 6.45) is 3.64. The first-order chi connectivity index (χ1) is 14.0. The van der Waals surface area contributed by atoms with Gasteiger partial charge in [0.1, 0.15) is 4.32 Å². The zero-order valence-electron chi connectivity index (χ0n) is 16.0. The predicted octanol–water partition coefficient (Wildman–Crippen LogP) is 5.52. The summed E-state index contributed by atoms with van der Waals surface area (Å²) in [5.74, 6) is -0.249. The van der Waals surface area contributed by atoms with Crippen molar-refractivity contribution in [3.63, 3.8) is 0 Å². The molecular weight excluding hydrogens is 424 g/mol. The number of thiocarbonyl (C=S) groups is 1. The molecule has 0 atom stereocenters. The van der Waals surface area contributed by atoms with Crippen molar-refractivity contribution in [3.05, 3.63) is 69.6 Å². The SMILES string of the molecule is CCc1ccc(C=C2SC(=S)N(CCCC(=O)Nc3ccccc3Cl)C2=O)cc1. The fraction of sp³-hybridized carbons (Fsp3) is 0.227. The summed E-state index contributed by atoms with van der Waals surface area (Å²) in [4.78, 5) is 27.0. The van der Waals surface area contributed by atoms with Crippen molar-refractivity contribution in [2.45, 2.75) is 26.2 Å². The van der Waals surface area contributed by atoms with Gasteiger partial charge in [-0.1, -0.05) is 78.9 Å². The van der Waals surface area contributed by atoms with E-state index < -0.39 is 0 Å². The Morgan fingerprint density at radius 2 is 1.93 bits per heavy atom. The Labute approximate surface area is 185 Å². The van der Waals surface area contributed by atoms with E-state index in [1.807, 2.05) is 24.3 Å². The highest BCUT2D eigenvalue weighted by Gasteiger charge is 2.31. The molecule has 1 aliphatic heterocycles. The number of carbonyl (C=O) groups is 2. The average Bonchev–Trinajstić information content (AvgIpc) is 2.97. The average molecular weight is 445 g/mol. The first-order valence-corrected chi connectivity index (χ1v) is 11.0. The van der Waals surface area contributed by atoms with Crippen LogP contribution in [0, 0.1) is 0 Å². The van der Waals surface area contributed by atoms with Crippen molar-refractivity contribution < 1.29 is 9.59 Å². The molecule has 0 unspecified atom stereocenters. The number of hydrogen-bond donors (Lipinski definition) is 1. The normalized spacial score (nSPS) is 15.2. The van der Waals surface area contributed by atoms with Crippen LogP contribution in [0.5, 0.6) is 0 Å². The lowest BCUT2D eigenvalue weighted by molar-refractivity contribution is -0.122. The third-order valence-corrected chi connectivity index (χ3v) is 6.20. The highest BCUT2D eigenvalue weighted by molar-refractivity contribution is 8.26. The maximum Gasteiger partial charge on any atom is 0.266 e. The van der Waals surface area contributed by atoms with Crippen molar-refractivity contribution >= 4 is 63.5 Å². The Bertz CT molecular complexity index is 958. The molecule has 2 aromatic carbocycles. The zero-order valence-corrected chi connectivity index (χ0v) is 18.4. The second kappa shape index (κ2) is 10.1. The molecule has 0 radical (unpaired) electrons. The van der Waals surface area contributed by atoms with Crippen molar-refractivity contribution in [1.29, 1.82) is 0 Å². The van der Waals surface area contributed by atoms with Crippen LogP contribution in [0.1, 0.15) is 30.9 Å². The summed E-state index contributed by atoms with van der Waals surface area (Å²) in [6, 6.07) is 15.2. The van der Waals surface area contributed by atoms with E-state index in [1.54, 1.807) is 23.1 Å². The van der Waals surface area contributed by atoms with E-state index in [2.05, 4.69) is 24.4 Å². The Morgan fingerprint density at radius 1 is 1.21 bits per heavy atom.